The summed E-state index contributed by atoms with van der Waals surface area (Å²) in [5.41, 5.74) is 1.01. The van der Waals surface area contributed by atoms with Crippen LogP contribution in [0.4, 0.5) is 9.59 Å². The van der Waals surface area contributed by atoms with E-state index in [4.69, 9.17) is 23.7 Å². The standard InChI is InChI=1S/C19H26N2O7/c1-13(8-14-4-5-16-17(9-14)25-11-24-16)21(3)18(22)26-12-27-19(23)28-15-6-7-20(2)10-15/h4-5,9,13,15H,6-8,10-12H2,1-3H3. The van der Waals surface area contributed by atoms with Gasteiger partial charge in [-0.05, 0) is 44.5 Å². The number of carbonyl (C=O) groups excluding carboxylic acids is 2. The van der Waals surface area contributed by atoms with E-state index >= 15 is 0 Å². The summed E-state index contributed by atoms with van der Waals surface area (Å²) in [4.78, 5) is 27.3. The minimum absolute atomic E-state index is 0.131. The lowest BCUT2D eigenvalue weighted by Crippen LogP contribution is -2.37. The maximum atomic E-state index is 12.2. The van der Waals surface area contributed by atoms with Crippen molar-refractivity contribution < 1.29 is 33.3 Å². The summed E-state index contributed by atoms with van der Waals surface area (Å²) in [5.74, 6) is 1.42. The summed E-state index contributed by atoms with van der Waals surface area (Å²) in [6.45, 7) is 3.19. The van der Waals surface area contributed by atoms with Crippen LogP contribution in [0.3, 0.4) is 0 Å². The van der Waals surface area contributed by atoms with Crippen LogP contribution in [0, 0.1) is 0 Å². The molecule has 0 radical (unpaired) electrons. The molecule has 1 saturated heterocycles. The quantitative estimate of drug-likeness (QED) is 0.536. The van der Waals surface area contributed by atoms with Crippen molar-refractivity contribution in [2.75, 3.05) is 40.8 Å². The lowest BCUT2D eigenvalue weighted by atomic mass is 10.1. The number of ether oxygens (including phenoxy) is 5. The van der Waals surface area contributed by atoms with Gasteiger partial charge in [-0.25, -0.2) is 9.59 Å². The first kappa shape index (κ1) is 20.1. The second kappa shape index (κ2) is 9.01. The maximum Gasteiger partial charge on any atom is 0.511 e. The molecule has 1 aromatic carbocycles. The van der Waals surface area contributed by atoms with Gasteiger partial charge in [-0.3, -0.25) is 0 Å². The number of fused-ring (bicyclic) bond motifs is 1. The largest absolute Gasteiger partial charge is 0.511 e. The lowest BCUT2D eigenvalue weighted by molar-refractivity contribution is -0.0355. The van der Waals surface area contributed by atoms with Crippen molar-refractivity contribution in [3.63, 3.8) is 0 Å². The predicted molar refractivity (Wildman–Crippen MR) is 98.3 cm³/mol. The van der Waals surface area contributed by atoms with E-state index in [1.54, 1.807) is 7.05 Å². The second-order valence-corrected chi connectivity index (χ2v) is 7.06. The molecule has 0 bridgehead atoms. The Morgan fingerprint density at radius 3 is 2.82 bits per heavy atom. The molecule has 9 nitrogen and oxygen atoms in total. The molecule has 3 rings (SSSR count). The summed E-state index contributed by atoms with van der Waals surface area (Å²) < 4.78 is 25.6. The highest BCUT2D eigenvalue weighted by Gasteiger charge is 2.24. The van der Waals surface area contributed by atoms with E-state index in [0.717, 1.165) is 24.3 Å². The molecule has 2 atom stereocenters. The van der Waals surface area contributed by atoms with E-state index in [9.17, 15) is 9.59 Å². The van der Waals surface area contributed by atoms with Gasteiger partial charge in [0.15, 0.2) is 11.5 Å². The van der Waals surface area contributed by atoms with Crippen LogP contribution in [0.2, 0.25) is 0 Å². The van der Waals surface area contributed by atoms with Crippen LogP contribution in [-0.2, 0) is 20.6 Å². The summed E-state index contributed by atoms with van der Waals surface area (Å²) in [7, 11) is 3.59. The van der Waals surface area contributed by atoms with E-state index in [-0.39, 0.29) is 18.9 Å². The minimum atomic E-state index is -0.829. The van der Waals surface area contributed by atoms with Crippen molar-refractivity contribution in [2.45, 2.75) is 31.9 Å². The molecule has 28 heavy (non-hydrogen) atoms. The highest BCUT2D eigenvalue weighted by Crippen LogP contribution is 2.32. The SMILES string of the molecule is CC(Cc1ccc2c(c1)OCO2)N(C)C(=O)OCOC(=O)OC1CCN(C)C1. The lowest BCUT2D eigenvalue weighted by Gasteiger charge is -2.24. The van der Waals surface area contributed by atoms with Gasteiger partial charge in [0, 0.05) is 26.2 Å². The van der Waals surface area contributed by atoms with Crippen LogP contribution in [0.25, 0.3) is 0 Å². The summed E-state index contributed by atoms with van der Waals surface area (Å²) >= 11 is 0. The third-order valence-corrected chi connectivity index (χ3v) is 4.89. The third-order valence-electron chi connectivity index (χ3n) is 4.89. The van der Waals surface area contributed by atoms with Crippen LogP contribution >= 0.6 is 0 Å². The first-order valence-electron chi connectivity index (χ1n) is 9.22. The number of carbonyl (C=O) groups is 2. The number of hydrogen-bond donors (Lipinski definition) is 0. The fourth-order valence-corrected chi connectivity index (χ4v) is 3.12. The van der Waals surface area contributed by atoms with Gasteiger partial charge in [0.2, 0.25) is 13.6 Å². The number of amides is 1. The number of nitrogens with zero attached hydrogens (tertiary/aromatic N) is 2. The van der Waals surface area contributed by atoms with Gasteiger partial charge >= 0.3 is 12.2 Å². The molecule has 0 N–H and O–H groups in total. The van der Waals surface area contributed by atoms with Gasteiger partial charge in [0.1, 0.15) is 6.10 Å². The Balaban J connectivity index is 1.38. The van der Waals surface area contributed by atoms with Crippen LogP contribution in [0.5, 0.6) is 11.5 Å². The topological polar surface area (TPSA) is 86.8 Å². The van der Waals surface area contributed by atoms with Crippen LogP contribution in [-0.4, -0.2) is 75.0 Å². The Hall–Kier alpha value is -2.68. The molecule has 1 fully saturated rings. The van der Waals surface area contributed by atoms with Gasteiger partial charge in [0.25, 0.3) is 0 Å². The van der Waals surface area contributed by atoms with Crippen molar-refractivity contribution in [1.29, 1.82) is 0 Å². The highest BCUT2D eigenvalue weighted by atomic mass is 16.8. The number of rotatable bonds is 6. The molecule has 154 valence electrons. The maximum absolute atomic E-state index is 12.2. The monoisotopic (exact) mass is 394 g/mol. The first-order valence-corrected chi connectivity index (χ1v) is 9.22. The number of likely N-dealkylation sites (N-methyl/N-ethyl adjacent to an activating group) is 2. The average Bonchev–Trinajstić information content (AvgIpc) is 3.29. The zero-order chi connectivity index (χ0) is 20.1. The van der Waals surface area contributed by atoms with Gasteiger partial charge in [0.05, 0.1) is 0 Å². The van der Waals surface area contributed by atoms with E-state index in [1.165, 1.54) is 4.90 Å². The van der Waals surface area contributed by atoms with E-state index in [1.807, 2.05) is 32.2 Å². The van der Waals surface area contributed by atoms with E-state index < -0.39 is 19.0 Å². The molecular weight excluding hydrogens is 368 g/mol. The van der Waals surface area contributed by atoms with Crippen molar-refractivity contribution in [3.05, 3.63) is 23.8 Å². The summed E-state index contributed by atoms with van der Waals surface area (Å²) in [5, 5.41) is 0. The molecule has 2 aliphatic rings. The van der Waals surface area contributed by atoms with Crippen molar-refractivity contribution in [1.82, 2.24) is 9.80 Å². The fourth-order valence-electron chi connectivity index (χ4n) is 3.12. The Morgan fingerprint density at radius 2 is 2.07 bits per heavy atom. The second-order valence-electron chi connectivity index (χ2n) is 7.06. The molecule has 0 aliphatic carbocycles. The molecule has 2 aliphatic heterocycles. The van der Waals surface area contributed by atoms with Gasteiger partial charge in [-0.1, -0.05) is 6.07 Å². The molecule has 1 amide bonds. The van der Waals surface area contributed by atoms with Gasteiger partial charge < -0.3 is 33.5 Å². The molecule has 1 aromatic rings. The average molecular weight is 394 g/mol. The van der Waals surface area contributed by atoms with Crippen LogP contribution in [0.15, 0.2) is 18.2 Å². The molecule has 2 unspecified atom stereocenters. The Labute approximate surface area is 164 Å². The highest BCUT2D eigenvalue weighted by molar-refractivity contribution is 5.68. The first-order chi connectivity index (χ1) is 13.4. The Bertz CT molecular complexity index is 712. The van der Waals surface area contributed by atoms with Gasteiger partial charge in [-0.15, -0.1) is 0 Å². The fraction of sp³-hybridized carbons (Fsp3) is 0.579. The van der Waals surface area contributed by atoms with Crippen LogP contribution < -0.4 is 9.47 Å². The van der Waals surface area contributed by atoms with Gasteiger partial charge in [-0.2, -0.15) is 0 Å². The third kappa shape index (κ3) is 5.19. The van der Waals surface area contributed by atoms with Crippen molar-refractivity contribution >= 4 is 12.2 Å². The number of likely N-dealkylation sites (tertiary alicyclic amines) is 1. The molecule has 0 aromatic heterocycles. The number of benzene rings is 1. The minimum Gasteiger partial charge on any atom is -0.454 e. The smallest absolute Gasteiger partial charge is 0.454 e. The Morgan fingerprint density at radius 1 is 1.29 bits per heavy atom. The van der Waals surface area contributed by atoms with Crippen molar-refractivity contribution in [2.24, 2.45) is 0 Å². The van der Waals surface area contributed by atoms with E-state index in [2.05, 4.69) is 4.90 Å². The number of hydrogen-bond acceptors (Lipinski definition) is 8. The normalized spacial score (nSPS) is 19.2. The van der Waals surface area contributed by atoms with Crippen molar-refractivity contribution in [3.8, 4) is 11.5 Å². The summed E-state index contributed by atoms with van der Waals surface area (Å²) in [6, 6.07) is 5.55. The molecule has 0 spiro atoms. The zero-order valence-electron chi connectivity index (χ0n) is 16.4. The Kier molecular flexibility index (Phi) is 6.45. The van der Waals surface area contributed by atoms with Crippen LogP contribution in [0.1, 0.15) is 18.9 Å². The predicted octanol–water partition coefficient (Wildman–Crippen LogP) is 2.23. The molecule has 9 heteroatoms. The summed E-state index contributed by atoms with van der Waals surface area (Å²) in [6.07, 6.45) is -0.213. The molecule has 0 saturated carbocycles. The van der Waals surface area contributed by atoms with E-state index in [0.29, 0.717) is 18.7 Å². The molecule has 2 heterocycles. The molecular formula is C19H26N2O7. The zero-order valence-corrected chi connectivity index (χ0v) is 16.4.